The highest BCUT2D eigenvalue weighted by molar-refractivity contribution is 7.91. The molecule has 2 aromatic carbocycles. The van der Waals surface area contributed by atoms with E-state index in [1.807, 2.05) is 20.8 Å². The molecule has 0 saturated heterocycles. The third-order valence-corrected chi connectivity index (χ3v) is 6.68. The maximum atomic E-state index is 12.8. The fourth-order valence-corrected chi connectivity index (χ4v) is 4.00. The smallest absolute Gasteiger partial charge is 0.335 e. The molecule has 0 radical (unpaired) electrons. The molecule has 168 valence electrons. The van der Waals surface area contributed by atoms with Crippen LogP contribution in [0, 0.1) is 5.92 Å². The van der Waals surface area contributed by atoms with Gasteiger partial charge in [0.15, 0.2) is 9.84 Å². The zero-order valence-corrected chi connectivity index (χ0v) is 19.0. The number of carbonyl (C=O) groups excluding carboxylic acids is 1. The number of sulfone groups is 1. The molecule has 0 aliphatic rings. The van der Waals surface area contributed by atoms with Crippen LogP contribution in [-0.4, -0.2) is 37.3 Å². The van der Waals surface area contributed by atoms with Crippen LogP contribution < -0.4 is 5.32 Å². The molecule has 2 atom stereocenters. The number of carbonyl (C=O) groups is 2. The molecule has 0 heterocycles. The van der Waals surface area contributed by atoms with E-state index in [1.54, 1.807) is 43.3 Å². The lowest BCUT2D eigenvalue weighted by atomic mass is 10.0. The zero-order chi connectivity index (χ0) is 23.2. The van der Waals surface area contributed by atoms with Crippen LogP contribution in [0.4, 0.5) is 0 Å². The van der Waals surface area contributed by atoms with E-state index in [9.17, 15) is 18.0 Å². The molecule has 0 bridgehead atoms. The molecule has 0 saturated carbocycles. The lowest BCUT2D eigenvalue weighted by Gasteiger charge is -2.24. The number of rotatable bonds is 10. The number of hydrogen-bond donors (Lipinski definition) is 2. The molecule has 2 N–H and O–H groups in total. The molecule has 7 nitrogen and oxygen atoms in total. The SMILES string of the molecule is CCS(=O)(=O)c1cccc(CO[C@@H](C(=O)N[C@@H](C)c2ccc(C(=O)O)cc2)C(C)C)c1. The number of nitrogens with one attached hydrogen (secondary N) is 1. The normalized spacial score (nSPS) is 13.6. The minimum absolute atomic E-state index is 0.0136. The molecule has 8 heteroatoms. The van der Waals surface area contributed by atoms with E-state index in [1.165, 1.54) is 12.1 Å². The number of amides is 1. The zero-order valence-electron chi connectivity index (χ0n) is 18.2. The van der Waals surface area contributed by atoms with Crippen LogP contribution in [-0.2, 0) is 26.0 Å². The van der Waals surface area contributed by atoms with Crippen LogP contribution in [0.1, 0.15) is 55.2 Å². The molecule has 2 rings (SSSR count). The van der Waals surface area contributed by atoms with Crippen molar-refractivity contribution in [3.8, 4) is 0 Å². The predicted molar refractivity (Wildman–Crippen MR) is 118 cm³/mol. The number of aromatic carboxylic acids is 1. The Balaban J connectivity index is 2.06. The number of benzene rings is 2. The quantitative estimate of drug-likeness (QED) is 0.576. The van der Waals surface area contributed by atoms with Crippen molar-refractivity contribution in [2.45, 2.75) is 51.3 Å². The van der Waals surface area contributed by atoms with Gasteiger partial charge in [-0.25, -0.2) is 13.2 Å². The van der Waals surface area contributed by atoms with Gasteiger partial charge in [0, 0.05) is 0 Å². The van der Waals surface area contributed by atoms with Crippen molar-refractivity contribution in [2.24, 2.45) is 5.92 Å². The van der Waals surface area contributed by atoms with E-state index < -0.39 is 21.9 Å². The van der Waals surface area contributed by atoms with Crippen LogP contribution >= 0.6 is 0 Å². The Labute approximate surface area is 183 Å². The molecule has 0 aliphatic heterocycles. The van der Waals surface area contributed by atoms with Crippen LogP contribution in [0.2, 0.25) is 0 Å². The van der Waals surface area contributed by atoms with Crippen molar-refractivity contribution in [1.29, 1.82) is 0 Å². The summed E-state index contributed by atoms with van der Waals surface area (Å²) in [6, 6.07) is 12.5. The van der Waals surface area contributed by atoms with Crippen molar-refractivity contribution in [1.82, 2.24) is 5.32 Å². The maximum Gasteiger partial charge on any atom is 0.335 e. The Morgan fingerprint density at radius 2 is 1.71 bits per heavy atom. The van der Waals surface area contributed by atoms with Gasteiger partial charge < -0.3 is 15.2 Å². The molecule has 0 spiro atoms. The average molecular weight is 448 g/mol. The monoisotopic (exact) mass is 447 g/mol. The summed E-state index contributed by atoms with van der Waals surface area (Å²) in [5, 5.41) is 11.9. The van der Waals surface area contributed by atoms with Crippen LogP contribution in [0.5, 0.6) is 0 Å². The van der Waals surface area contributed by atoms with Gasteiger partial charge in [-0.05, 0) is 48.2 Å². The fraction of sp³-hybridized carbons (Fsp3) is 0.391. The highest BCUT2D eigenvalue weighted by Gasteiger charge is 2.25. The third kappa shape index (κ3) is 6.63. The Morgan fingerprint density at radius 1 is 1.06 bits per heavy atom. The summed E-state index contributed by atoms with van der Waals surface area (Å²) in [6.07, 6.45) is -0.729. The lowest BCUT2D eigenvalue weighted by molar-refractivity contribution is -0.137. The van der Waals surface area contributed by atoms with Gasteiger partial charge in [-0.15, -0.1) is 0 Å². The number of carboxylic acids is 1. The molecule has 31 heavy (non-hydrogen) atoms. The average Bonchev–Trinajstić information content (AvgIpc) is 2.73. The van der Waals surface area contributed by atoms with Gasteiger partial charge in [-0.3, -0.25) is 4.79 Å². The van der Waals surface area contributed by atoms with Gasteiger partial charge in [0.2, 0.25) is 5.91 Å². The second-order valence-electron chi connectivity index (χ2n) is 7.68. The largest absolute Gasteiger partial charge is 0.478 e. The molecule has 1 amide bonds. The summed E-state index contributed by atoms with van der Waals surface area (Å²) in [4.78, 5) is 24.0. The first-order chi connectivity index (χ1) is 14.5. The Kier molecular flexibility index (Phi) is 8.36. The molecule has 2 aromatic rings. The first-order valence-electron chi connectivity index (χ1n) is 10.1. The second-order valence-corrected chi connectivity index (χ2v) is 9.96. The van der Waals surface area contributed by atoms with Gasteiger partial charge >= 0.3 is 5.97 Å². The van der Waals surface area contributed by atoms with Crippen molar-refractivity contribution in [3.05, 3.63) is 65.2 Å². The van der Waals surface area contributed by atoms with E-state index in [0.717, 1.165) is 5.56 Å². The molecule has 0 unspecified atom stereocenters. The summed E-state index contributed by atoms with van der Waals surface area (Å²) < 4.78 is 30.0. The van der Waals surface area contributed by atoms with E-state index in [2.05, 4.69) is 5.32 Å². The molecule has 0 aliphatic carbocycles. The Bertz CT molecular complexity index is 1010. The molecular weight excluding hydrogens is 418 g/mol. The van der Waals surface area contributed by atoms with E-state index in [0.29, 0.717) is 5.56 Å². The summed E-state index contributed by atoms with van der Waals surface area (Å²) in [5.74, 6) is -1.39. The van der Waals surface area contributed by atoms with Crippen molar-refractivity contribution in [2.75, 3.05) is 5.75 Å². The van der Waals surface area contributed by atoms with E-state index in [-0.39, 0.29) is 40.7 Å². The number of hydrogen-bond acceptors (Lipinski definition) is 5. The number of carboxylic acid groups (broad SMARTS) is 1. The van der Waals surface area contributed by atoms with Gasteiger partial charge in [-0.1, -0.05) is 45.0 Å². The predicted octanol–water partition coefficient (Wildman–Crippen LogP) is 3.60. The summed E-state index contributed by atoms with van der Waals surface area (Å²) in [6.45, 7) is 7.24. The molecule has 0 fully saturated rings. The lowest BCUT2D eigenvalue weighted by Crippen LogP contribution is -2.40. The highest BCUT2D eigenvalue weighted by Crippen LogP contribution is 2.18. The van der Waals surface area contributed by atoms with E-state index >= 15 is 0 Å². The third-order valence-electron chi connectivity index (χ3n) is 4.95. The molecular formula is C23H29NO6S. The first kappa shape index (κ1) is 24.6. The van der Waals surface area contributed by atoms with E-state index in [4.69, 9.17) is 9.84 Å². The van der Waals surface area contributed by atoms with Crippen molar-refractivity contribution >= 4 is 21.7 Å². The van der Waals surface area contributed by atoms with Gasteiger partial charge in [0.05, 0.1) is 28.9 Å². The maximum absolute atomic E-state index is 12.8. The second kappa shape index (κ2) is 10.5. The standard InChI is InChI=1S/C23H29NO6S/c1-5-31(28,29)20-8-6-7-17(13-20)14-30-21(15(2)3)22(25)24-16(4)18-9-11-19(12-10-18)23(26)27/h6-13,15-16,21H,5,14H2,1-4H3,(H,24,25)(H,26,27)/t16-,21+/m0/s1. The van der Waals surface area contributed by atoms with Crippen LogP contribution in [0.15, 0.2) is 53.4 Å². The van der Waals surface area contributed by atoms with Crippen LogP contribution in [0.3, 0.4) is 0 Å². The summed E-state index contributed by atoms with van der Waals surface area (Å²) >= 11 is 0. The van der Waals surface area contributed by atoms with Crippen molar-refractivity contribution in [3.63, 3.8) is 0 Å². The Morgan fingerprint density at radius 3 is 2.26 bits per heavy atom. The summed E-state index contributed by atoms with van der Waals surface area (Å²) in [5.41, 5.74) is 1.63. The van der Waals surface area contributed by atoms with Crippen LogP contribution in [0.25, 0.3) is 0 Å². The number of ether oxygens (including phenoxy) is 1. The molecule has 0 aromatic heterocycles. The van der Waals surface area contributed by atoms with Gasteiger partial charge in [0.1, 0.15) is 6.10 Å². The highest BCUT2D eigenvalue weighted by atomic mass is 32.2. The minimum atomic E-state index is -3.32. The van der Waals surface area contributed by atoms with Gasteiger partial charge in [0.25, 0.3) is 0 Å². The minimum Gasteiger partial charge on any atom is -0.478 e. The summed E-state index contributed by atoms with van der Waals surface area (Å²) in [7, 11) is -3.32. The first-order valence-corrected chi connectivity index (χ1v) is 11.8. The topological polar surface area (TPSA) is 110 Å². The Hall–Kier alpha value is -2.71. The fourth-order valence-electron chi connectivity index (χ4n) is 3.05. The van der Waals surface area contributed by atoms with Crippen molar-refractivity contribution < 1.29 is 27.9 Å². The van der Waals surface area contributed by atoms with Gasteiger partial charge in [-0.2, -0.15) is 0 Å².